The number of nitrogens with one attached hydrogen (secondary N) is 1. The summed E-state index contributed by atoms with van der Waals surface area (Å²) in [5, 5.41) is 10.4. The normalized spacial score (nSPS) is 19.3. The zero-order valence-electron chi connectivity index (χ0n) is 13.7. The molecule has 0 aliphatic carbocycles. The summed E-state index contributed by atoms with van der Waals surface area (Å²) in [6, 6.07) is 4.25. The van der Waals surface area contributed by atoms with E-state index >= 15 is 0 Å². The summed E-state index contributed by atoms with van der Waals surface area (Å²) in [4.78, 5) is 5.98. The lowest BCUT2D eigenvalue weighted by atomic mass is 10.2. The average molecular weight is 387 g/mol. The third-order valence-corrected chi connectivity index (χ3v) is 5.88. The summed E-state index contributed by atoms with van der Waals surface area (Å²) in [6.07, 6.45) is -2.49. The molecule has 140 valence electrons. The number of rotatable bonds is 4. The molecule has 1 N–H and O–H groups in total. The Morgan fingerprint density at radius 3 is 2.50 bits per heavy atom. The third-order valence-electron chi connectivity index (χ3n) is 4.13. The largest absolute Gasteiger partial charge is 0.416 e. The molecule has 1 fully saturated rings. The summed E-state index contributed by atoms with van der Waals surface area (Å²) in [5.74, 6) is 0.721. The van der Waals surface area contributed by atoms with Gasteiger partial charge in [-0.25, -0.2) is 8.42 Å². The van der Waals surface area contributed by atoms with Gasteiger partial charge in [-0.2, -0.15) is 23.3 Å². The summed E-state index contributed by atoms with van der Waals surface area (Å²) in [5.41, 5.74) is -0.374. The Kier molecular flexibility index (Phi) is 4.74. The number of alkyl halides is 3. The Morgan fingerprint density at radius 2 is 1.92 bits per heavy atom. The molecule has 11 heteroatoms. The van der Waals surface area contributed by atoms with Crippen molar-refractivity contribution >= 4 is 27.3 Å². The third kappa shape index (κ3) is 4.21. The van der Waals surface area contributed by atoms with Crippen molar-refractivity contribution in [2.75, 3.05) is 28.8 Å². The molecule has 1 saturated heterocycles. The smallest absolute Gasteiger partial charge is 0.354 e. The van der Waals surface area contributed by atoms with Crippen LogP contribution in [-0.2, 0) is 16.0 Å². The molecule has 1 unspecified atom stereocenters. The first-order valence-electron chi connectivity index (χ1n) is 7.71. The molecule has 1 atom stereocenters. The van der Waals surface area contributed by atoms with E-state index in [4.69, 9.17) is 0 Å². The van der Waals surface area contributed by atoms with E-state index in [2.05, 4.69) is 20.5 Å². The minimum Gasteiger partial charge on any atom is -0.354 e. The Morgan fingerprint density at radius 1 is 1.23 bits per heavy atom. The quantitative estimate of drug-likeness (QED) is 0.861. The molecule has 2 aromatic rings. The molecule has 1 aliphatic rings. The maximum absolute atomic E-state index is 12.6. The Hall–Kier alpha value is -2.43. The predicted octanol–water partition coefficient (Wildman–Crippen LogP) is 2.26. The summed E-state index contributed by atoms with van der Waals surface area (Å²) < 4.78 is 61.0. The van der Waals surface area contributed by atoms with E-state index in [-0.39, 0.29) is 23.5 Å². The Balaban J connectivity index is 1.73. The first-order chi connectivity index (χ1) is 12.1. The SMILES string of the molecule is CN(c1cnnc(Nc2ccc(C(F)(F)F)cc2)n1)C1CCS(=O)(=O)C1. The van der Waals surface area contributed by atoms with Crippen molar-refractivity contribution in [3.63, 3.8) is 0 Å². The lowest BCUT2D eigenvalue weighted by molar-refractivity contribution is -0.137. The van der Waals surface area contributed by atoms with Gasteiger partial charge >= 0.3 is 6.18 Å². The molecular weight excluding hydrogens is 371 g/mol. The summed E-state index contributed by atoms with van der Waals surface area (Å²) >= 11 is 0. The number of sulfone groups is 1. The van der Waals surface area contributed by atoms with Crippen molar-refractivity contribution in [3.05, 3.63) is 36.0 Å². The van der Waals surface area contributed by atoms with Crippen molar-refractivity contribution in [1.29, 1.82) is 0 Å². The highest BCUT2D eigenvalue weighted by Crippen LogP contribution is 2.30. The number of hydrogen-bond donors (Lipinski definition) is 1. The molecule has 1 aromatic heterocycles. The van der Waals surface area contributed by atoms with Crippen molar-refractivity contribution in [3.8, 4) is 0 Å². The van der Waals surface area contributed by atoms with E-state index in [1.807, 2.05) is 0 Å². The monoisotopic (exact) mass is 387 g/mol. The fourth-order valence-corrected chi connectivity index (χ4v) is 4.43. The lowest BCUT2D eigenvalue weighted by Crippen LogP contribution is -2.33. The van der Waals surface area contributed by atoms with E-state index in [1.54, 1.807) is 11.9 Å². The van der Waals surface area contributed by atoms with Crippen LogP contribution in [0.5, 0.6) is 0 Å². The number of anilines is 3. The number of halogens is 3. The lowest BCUT2D eigenvalue weighted by Gasteiger charge is -2.24. The zero-order chi connectivity index (χ0) is 18.9. The van der Waals surface area contributed by atoms with Crippen molar-refractivity contribution < 1.29 is 21.6 Å². The molecule has 26 heavy (non-hydrogen) atoms. The fourth-order valence-electron chi connectivity index (χ4n) is 2.66. The molecule has 3 rings (SSSR count). The highest BCUT2D eigenvalue weighted by Gasteiger charge is 2.32. The standard InChI is InChI=1S/C15H16F3N5O2S/c1-23(12-6-7-26(24,25)9-12)13-8-19-22-14(21-13)20-11-4-2-10(3-5-11)15(16,17)18/h2-5,8,12H,6-7,9H2,1H3,(H,20,21,22). The molecule has 7 nitrogen and oxygen atoms in total. The van der Waals surface area contributed by atoms with Crippen LogP contribution in [0.1, 0.15) is 12.0 Å². The van der Waals surface area contributed by atoms with Gasteiger partial charge in [0.25, 0.3) is 0 Å². The van der Waals surface area contributed by atoms with E-state index in [1.165, 1.54) is 18.3 Å². The van der Waals surface area contributed by atoms with Crippen molar-refractivity contribution in [1.82, 2.24) is 15.2 Å². The first-order valence-corrected chi connectivity index (χ1v) is 9.53. The van der Waals surface area contributed by atoms with Crippen LogP contribution in [0.2, 0.25) is 0 Å². The highest BCUT2D eigenvalue weighted by molar-refractivity contribution is 7.91. The fraction of sp³-hybridized carbons (Fsp3) is 0.400. The van der Waals surface area contributed by atoms with Crippen LogP contribution in [-0.4, -0.2) is 48.2 Å². The van der Waals surface area contributed by atoms with Crippen LogP contribution in [0.25, 0.3) is 0 Å². The minimum atomic E-state index is -4.40. The first kappa shape index (κ1) is 18.4. The van der Waals surface area contributed by atoms with Gasteiger partial charge in [0.2, 0.25) is 5.95 Å². The van der Waals surface area contributed by atoms with Crippen molar-refractivity contribution in [2.45, 2.75) is 18.6 Å². The molecule has 0 saturated carbocycles. The maximum atomic E-state index is 12.6. The minimum absolute atomic E-state index is 0.0508. The summed E-state index contributed by atoms with van der Waals surface area (Å²) in [6.45, 7) is 0. The van der Waals surface area contributed by atoms with E-state index in [0.717, 1.165) is 12.1 Å². The van der Waals surface area contributed by atoms with E-state index in [9.17, 15) is 21.6 Å². The van der Waals surface area contributed by atoms with E-state index in [0.29, 0.717) is 17.9 Å². The molecule has 2 heterocycles. The Labute approximate surface area is 148 Å². The zero-order valence-corrected chi connectivity index (χ0v) is 14.5. The second-order valence-corrected chi connectivity index (χ2v) is 8.23. The Bertz CT molecular complexity index is 887. The molecule has 0 bridgehead atoms. The van der Waals surface area contributed by atoms with Crippen LogP contribution in [0.15, 0.2) is 30.5 Å². The molecule has 0 radical (unpaired) electrons. The second-order valence-electron chi connectivity index (χ2n) is 6.01. The average Bonchev–Trinajstić information content (AvgIpc) is 2.94. The van der Waals surface area contributed by atoms with Gasteiger partial charge in [0, 0.05) is 18.8 Å². The predicted molar refractivity (Wildman–Crippen MR) is 90.0 cm³/mol. The van der Waals surface area contributed by atoms with E-state index < -0.39 is 21.6 Å². The van der Waals surface area contributed by atoms with Gasteiger partial charge in [0.1, 0.15) is 0 Å². The van der Waals surface area contributed by atoms with Gasteiger partial charge in [-0.15, -0.1) is 5.10 Å². The number of aromatic nitrogens is 3. The molecule has 1 aromatic carbocycles. The molecule has 1 aliphatic heterocycles. The van der Waals surface area contributed by atoms with Crippen LogP contribution in [0, 0.1) is 0 Å². The number of hydrogen-bond acceptors (Lipinski definition) is 7. The van der Waals surface area contributed by atoms with Gasteiger partial charge < -0.3 is 10.2 Å². The van der Waals surface area contributed by atoms with Crippen LogP contribution in [0.4, 0.5) is 30.6 Å². The molecule has 0 amide bonds. The molecule has 0 spiro atoms. The maximum Gasteiger partial charge on any atom is 0.416 e. The van der Waals surface area contributed by atoms with Crippen LogP contribution in [0.3, 0.4) is 0 Å². The topological polar surface area (TPSA) is 88.1 Å². The van der Waals surface area contributed by atoms with Gasteiger partial charge in [-0.05, 0) is 30.7 Å². The van der Waals surface area contributed by atoms with Gasteiger partial charge in [-0.3, -0.25) is 0 Å². The van der Waals surface area contributed by atoms with Crippen LogP contribution >= 0.6 is 0 Å². The second kappa shape index (κ2) is 6.71. The van der Waals surface area contributed by atoms with Crippen LogP contribution < -0.4 is 10.2 Å². The number of benzene rings is 1. The van der Waals surface area contributed by atoms with Gasteiger partial charge in [0.05, 0.1) is 23.3 Å². The van der Waals surface area contributed by atoms with Gasteiger partial charge in [-0.1, -0.05) is 0 Å². The van der Waals surface area contributed by atoms with Gasteiger partial charge in [0.15, 0.2) is 15.7 Å². The molecular formula is C15H16F3N5O2S. The highest BCUT2D eigenvalue weighted by atomic mass is 32.2. The summed E-state index contributed by atoms with van der Waals surface area (Å²) in [7, 11) is -1.32. The van der Waals surface area contributed by atoms with Crippen molar-refractivity contribution in [2.24, 2.45) is 0 Å². The number of nitrogens with zero attached hydrogens (tertiary/aromatic N) is 4.